The van der Waals surface area contributed by atoms with Gasteiger partial charge >= 0.3 is 0 Å². The number of carbonyl (C=O) groups excluding carboxylic acids is 1. The Bertz CT molecular complexity index is 172. The highest BCUT2D eigenvalue weighted by Gasteiger charge is 2.28. The maximum Gasteiger partial charge on any atom is 0.290 e. The van der Waals surface area contributed by atoms with Crippen LogP contribution in [0.1, 0.15) is 26.7 Å². The molecule has 0 unspecified atom stereocenters. The minimum atomic E-state index is 0.136. The van der Waals surface area contributed by atoms with Crippen LogP contribution in [0.3, 0.4) is 0 Å². The predicted molar refractivity (Wildman–Crippen MR) is 57.0 cm³/mol. The zero-order valence-corrected chi connectivity index (χ0v) is 9.74. The molecule has 0 radical (unpaired) electrons. The smallest absolute Gasteiger partial charge is 0.276 e. The molecule has 0 aromatic heterocycles. The Kier molecular flexibility index (Phi) is 3.08. The van der Waals surface area contributed by atoms with Gasteiger partial charge in [0.15, 0.2) is 0 Å². The molecular formula is C7H12INOS. The van der Waals surface area contributed by atoms with E-state index >= 15 is 0 Å². The van der Waals surface area contributed by atoms with E-state index < -0.39 is 0 Å². The van der Waals surface area contributed by atoms with Crippen molar-refractivity contribution in [3.05, 3.63) is 0 Å². The summed E-state index contributed by atoms with van der Waals surface area (Å²) in [7, 11) is 0. The molecule has 0 aliphatic carbocycles. The van der Waals surface area contributed by atoms with Crippen molar-refractivity contribution < 1.29 is 4.79 Å². The molecule has 1 saturated heterocycles. The lowest BCUT2D eigenvalue weighted by molar-refractivity contribution is 0.251. The van der Waals surface area contributed by atoms with Crippen LogP contribution < -0.4 is 0 Å². The summed E-state index contributed by atoms with van der Waals surface area (Å²) in [4.78, 5) is 11.3. The fourth-order valence-corrected chi connectivity index (χ4v) is 2.62. The standard InChI is InChI=1S/C7H12INOS/c1-7(2)4-3-5-9(8)6(10)11-7/h3-5H2,1-2H3. The maximum atomic E-state index is 11.3. The number of halogens is 1. The molecular weight excluding hydrogens is 273 g/mol. The first kappa shape index (κ1) is 9.64. The van der Waals surface area contributed by atoms with E-state index in [9.17, 15) is 4.79 Å². The Balaban J connectivity index is 2.63. The molecule has 4 heteroatoms. The highest BCUT2D eigenvalue weighted by atomic mass is 127. The average Bonchev–Trinajstić information content (AvgIpc) is 1.93. The molecule has 0 atom stereocenters. The maximum absolute atomic E-state index is 11.3. The summed E-state index contributed by atoms with van der Waals surface area (Å²) in [5.74, 6) is 0. The Labute approximate surface area is 85.6 Å². The van der Waals surface area contributed by atoms with Crippen LogP contribution in [0.15, 0.2) is 0 Å². The van der Waals surface area contributed by atoms with Crippen LogP contribution in [0.5, 0.6) is 0 Å². The Morgan fingerprint density at radius 3 is 2.91 bits per heavy atom. The summed E-state index contributed by atoms with van der Waals surface area (Å²) in [5, 5.41) is 0.202. The minimum absolute atomic E-state index is 0.136. The first-order valence-electron chi connectivity index (χ1n) is 3.67. The normalized spacial score (nSPS) is 25.0. The van der Waals surface area contributed by atoms with Gasteiger partial charge in [-0.2, -0.15) is 0 Å². The van der Waals surface area contributed by atoms with Crippen molar-refractivity contribution in [2.45, 2.75) is 31.4 Å². The van der Waals surface area contributed by atoms with Gasteiger partial charge in [0.1, 0.15) is 0 Å². The van der Waals surface area contributed by atoms with E-state index in [4.69, 9.17) is 0 Å². The zero-order valence-electron chi connectivity index (χ0n) is 6.76. The van der Waals surface area contributed by atoms with Gasteiger partial charge in [-0.15, -0.1) is 0 Å². The summed E-state index contributed by atoms with van der Waals surface area (Å²) < 4.78 is 1.91. The fourth-order valence-electron chi connectivity index (χ4n) is 1.07. The third-order valence-electron chi connectivity index (χ3n) is 1.69. The van der Waals surface area contributed by atoms with E-state index in [0.29, 0.717) is 0 Å². The monoisotopic (exact) mass is 285 g/mol. The molecule has 1 amide bonds. The number of nitrogens with zero attached hydrogens (tertiary/aromatic N) is 1. The summed E-state index contributed by atoms with van der Waals surface area (Å²) in [6.45, 7) is 5.16. The molecule has 1 fully saturated rings. The van der Waals surface area contributed by atoms with Crippen molar-refractivity contribution in [3.63, 3.8) is 0 Å². The number of hydrogen-bond acceptors (Lipinski definition) is 2. The molecule has 64 valence electrons. The van der Waals surface area contributed by atoms with Crippen LogP contribution in [0.25, 0.3) is 0 Å². The minimum Gasteiger partial charge on any atom is -0.276 e. The van der Waals surface area contributed by atoms with Gasteiger partial charge in [-0.1, -0.05) is 25.6 Å². The van der Waals surface area contributed by atoms with Crippen LogP contribution in [-0.4, -0.2) is 19.6 Å². The molecule has 0 aromatic rings. The quantitative estimate of drug-likeness (QED) is 0.503. The van der Waals surface area contributed by atoms with Gasteiger partial charge in [-0.05, 0) is 12.8 Å². The van der Waals surface area contributed by atoms with Gasteiger partial charge in [-0.3, -0.25) is 7.91 Å². The van der Waals surface area contributed by atoms with Crippen LogP contribution in [0, 0.1) is 0 Å². The second-order valence-electron chi connectivity index (χ2n) is 3.32. The van der Waals surface area contributed by atoms with E-state index in [1.54, 1.807) is 3.11 Å². The van der Waals surface area contributed by atoms with Crippen LogP contribution in [-0.2, 0) is 0 Å². The predicted octanol–water partition coefficient (Wildman–Crippen LogP) is 3.06. The Hall–Kier alpha value is 0.550. The molecule has 0 spiro atoms. The molecule has 1 heterocycles. The van der Waals surface area contributed by atoms with Crippen molar-refractivity contribution in [1.82, 2.24) is 3.11 Å². The first-order valence-corrected chi connectivity index (χ1v) is 5.46. The highest BCUT2D eigenvalue weighted by Crippen LogP contribution is 2.35. The van der Waals surface area contributed by atoms with Crippen molar-refractivity contribution in [2.24, 2.45) is 0 Å². The van der Waals surface area contributed by atoms with E-state index in [2.05, 4.69) is 36.7 Å². The van der Waals surface area contributed by atoms with Crippen LogP contribution in [0.2, 0.25) is 0 Å². The fraction of sp³-hybridized carbons (Fsp3) is 0.857. The van der Waals surface area contributed by atoms with Gasteiger partial charge in [0.2, 0.25) is 0 Å². The lowest BCUT2D eigenvalue weighted by Crippen LogP contribution is -2.18. The summed E-state index contributed by atoms with van der Waals surface area (Å²) in [6.07, 6.45) is 2.25. The Morgan fingerprint density at radius 1 is 1.64 bits per heavy atom. The highest BCUT2D eigenvalue weighted by molar-refractivity contribution is 14.1. The number of rotatable bonds is 0. The molecule has 0 aromatic carbocycles. The number of amides is 1. The summed E-state index contributed by atoms with van der Waals surface area (Å²) in [6, 6.07) is 0. The molecule has 0 bridgehead atoms. The average molecular weight is 285 g/mol. The van der Waals surface area contributed by atoms with Crippen LogP contribution >= 0.6 is 34.6 Å². The largest absolute Gasteiger partial charge is 0.290 e. The molecule has 2 nitrogen and oxygen atoms in total. The number of hydrogen-bond donors (Lipinski definition) is 0. The van der Waals surface area contributed by atoms with Gasteiger partial charge in [-0.25, -0.2) is 0 Å². The topological polar surface area (TPSA) is 20.3 Å². The first-order chi connectivity index (χ1) is 5.01. The molecule has 0 N–H and O–H groups in total. The molecule has 11 heavy (non-hydrogen) atoms. The van der Waals surface area contributed by atoms with E-state index in [1.807, 2.05) is 0 Å². The second-order valence-corrected chi connectivity index (χ2v) is 6.14. The van der Waals surface area contributed by atoms with Crippen molar-refractivity contribution in [2.75, 3.05) is 6.54 Å². The molecule has 1 rings (SSSR count). The molecule has 1 aliphatic heterocycles. The summed E-state index contributed by atoms with van der Waals surface area (Å²) >= 11 is 3.54. The van der Waals surface area contributed by atoms with E-state index in [1.165, 1.54) is 11.8 Å². The third-order valence-corrected chi connectivity index (χ3v) is 4.09. The van der Waals surface area contributed by atoms with Gasteiger partial charge in [0.05, 0.1) is 22.9 Å². The van der Waals surface area contributed by atoms with E-state index in [-0.39, 0.29) is 9.99 Å². The number of carbonyl (C=O) groups is 1. The van der Waals surface area contributed by atoms with Crippen molar-refractivity contribution in [1.29, 1.82) is 0 Å². The van der Waals surface area contributed by atoms with Gasteiger partial charge in [0.25, 0.3) is 5.24 Å². The Morgan fingerprint density at radius 2 is 2.27 bits per heavy atom. The van der Waals surface area contributed by atoms with Gasteiger partial charge in [0, 0.05) is 11.3 Å². The summed E-state index contributed by atoms with van der Waals surface area (Å²) in [5.41, 5.74) is 0. The molecule has 1 aliphatic rings. The molecule has 0 saturated carbocycles. The van der Waals surface area contributed by atoms with Crippen molar-refractivity contribution in [3.8, 4) is 0 Å². The second kappa shape index (κ2) is 3.51. The third kappa shape index (κ3) is 2.82. The SMILES string of the molecule is CC1(C)CCCN(I)C(=O)S1. The van der Waals surface area contributed by atoms with Crippen LogP contribution in [0.4, 0.5) is 4.79 Å². The lowest BCUT2D eigenvalue weighted by atomic mass is 10.1. The van der Waals surface area contributed by atoms with Crippen molar-refractivity contribution >= 4 is 39.9 Å². The van der Waals surface area contributed by atoms with Gasteiger partial charge < -0.3 is 0 Å². The number of thioether (sulfide) groups is 1. The van der Waals surface area contributed by atoms with E-state index in [0.717, 1.165) is 19.4 Å². The zero-order chi connectivity index (χ0) is 8.48. The lowest BCUT2D eigenvalue weighted by Gasteiger charge is -2.19.